The Balaban J connectivity index is 1.44. The van der Waals surface area contributed by atoms with Crippen molar-refractivity contribution < 1.29 is 9.13 Å². The van der Waals surface area contributed by atoms with Crippen LogP contribution in [0.1, 0.15) is 11.6 Å². The highest BCUT2D eigenvalue weighted by molar-refractivity contribution is 5.63. The number of ether oxygens (including phenoxy) is 1. The Labute approximate surface area is 145 Å². The van der Waals surface area contributed by atoms with Gasteiger partial charge in [-0.1, -0.05) is 47.7 Å². The minimum absolute atomic E-state index is 0.0779. The van der Waals surface area contributed by atoms with Crippen LogP contribution >= 0.6 is 0 Å². The van der Waals surface area contributed by atoms with Crippen molar-refractivity contribution in [1.29, 1.82) is 0 Å². The molecule has 2 heterocycles. The van der Waals surface area contributed by atoms with Gasteiger partial charge in [0.2, 0.25) is 0 Å². The van der Waals surface area contributed by atoms with Gasteiger partial charge in [0, 0.05) is 18.3 Å². The van der Waals surface area contributed by atoms with E-state index in [9.17, 15) is 4.39 Å². The SMILES string of the molecule is Fc1cc(-c2ccccc2)ccc1CNC1COCC1n1ccnn1. The highest BCUT2D eigenvalue weighted by Crippen LogP contribution is 2.23. The Kier molecular flexibility index (Phi) is 4.54. The molecule has 0 saturated carbocycles. The number of benzene rings is 2. The summed E-state index contributed by atoms with van der Waals surface area (Å²) < 4.78 is 21.8. The van der Waals surface area contributed by atoms with Gasteiger partial charge in [0.1, 0.15) is 5.82 Å². The van der Waals surface area contributed by atoms with Gasteiger partial charge in [-0.2, -0.15) is 0 Å². The van der Waals surface area contributed by atoms with Gasteiger partial charge in [-0.3, -0.25) is 0 Å². The number of aromatic nitrogens is 3. The fourth-order valence-electron chi connectivity index (χ4n) is 3.13. The topological polar surface area (TPSA) is 52.0 Å². The van der Waals surface area contributed by atoms with Gasteiger partial charge in [-0.05, 0) is 17.2 Å². The predicted octanol–water partition coefficient (Wildman–Crippen LogP) is 2.81. The van der Waals surface area contributed by atoms with E-state index < -0.39 is 0 Å². The van der Waals surface area contributed by atoms with E-state index in [1.807, 2.05) is 48.7 Å². The minimum atomic E-state index is -0.204. The number of hydrogen-bond donors (Lipinski definition) is 1. The number of hydrogen-bond acceptors (Lipinski definition) is 4. The van der Waals surface area contributed by atoms with E-state index in [0.717, 1.165) is 11.1 Å². The van der Waals surface area contributed by atoms with E-state index in [1.165, 1.54) is 0 Å². The van der Waals surface area contributed by atoms with E-state index >= 15 is 0 Å². The molecule has 0 aliphatic carbocycles. The first-order chi connectivity index (χ1) is 12.3. The Morgan fingerprint density at radius 1 is 1.12 bits per heavy atom. The van der Waals surface area contributed by atoms with Gasteiger partial charge < -0.3 is 10.1 Å². The zero-order chi connectivity index (χ0) is 17.1. The molecule has 1 saturated heterocycles. The van der Waals surface area contributed by atoms with Crippen molar-refractivity contribution in [3.05, 3.63) is 72.3 Å². The molecule has 0 amide bonds. The Bertz CT molecular complexity index is 823. The lowest BCUT2D eigenvalue weighted by Gasteiger charge is -2.19. The van der Waals surface area contributed by atoms with Crippen LogP contribution in [-0.4, -0.2) is 34.2 Å². The van der Waals surface area contributed by atoms with Gasteiger partial charge in [-0.15, -0.1) is 5.10 Å². The van der Waals surface area contributed by atoms with Gasteiger partial charge in [0.15, 0.2) is 0 Å². The lowest BCUT2D eigenvalue weighted by Crippen LogP contribution is -2.36. The van der Waals surface area contributed by atoms with Crippen molar-refractivity contribution in [1.82, 2.24) is 20.3 Å². The quantitative estimate of drug-likeness (QED) is 0.777. The zero-order valence-electron chi connectivity index (χ0n) is 13.7. The molecule has 0 spiro atoms. The Morgan fingerprint density at radius 3 is 2.76 bits per heavy atom. The maximum Gasteiger partial charge on any atom is 0.128 e. The fourth-order valence-corrected chi connectivity index (χ4v) is 3.13. The lowest BCUT2D eigenvalue weighted by atomic mass is 10.0. The van der Waals surface area contributed by atoms with Crippen molar-refractivity contribution in [2.24, 2.45) is 0 Å². The summed E-state index contributed by atoms with van der Waals surface area (Å²) in [7, 11) is 0. The first-order valence-electron chi connectivity index (χ1n) is 8.32. The molecular weight excluding hydrogens is 319 g/mol. The first-order valence-corrected chi connectivity index (χ1v) is 8.32. The Hall–Kier alpha value is -2.57. The second-order valence-electron chi connectivity index (χ2n) is 6.15. The molecule has 1 aliphatic heterocycles. The summed E-state index contributed by atoms with van der Waals surface area (Å²) in [5, 5.41) is 11.3. The molecule has 3 aromatic rings. The molecule has 0 bridgehead atoms. The molecule has 128 valence electrons. The zero-order valence-corrected chi connectivity index (χ0v) is 13.7. The largest absolute Gasteiger partial charge is 0.377 e. The first kappa shape index (κ1) is 15.9. The standard InChI is InChI=1S/C19H19FN4O/c20-17-10-15(14-4-2-1-3-5-14)6-7-16(17)11-21-18-12-25-13-19(18)24-9-8-22-23-24/h1-10,18-19,21H,11-13H2. The lowest BCUT2D eigenvalue weighted by molar-refractivity contribution is 0.181. The molecular formula is C19H19FN4O. The predicted molar refractivity (Wildman–Crippen MR) is 92.3 cm³/mol. The van der Waals surface area contributed by atoms with E-state index in [0.29, 0.717) is 25.3 Å². The highest BCUT2D eigenvalue weighted by Gasteiger charge is 2.30. The van der Waals surface area contributed by atoms with Gasteiger partial charge >= 0.3 is 0 Å². The maximum absolute atomic E-state index is 14.5. The third-order valence-corrected chi connectivity index (χ3v) is 4.55. The summed E-state index contributed by atoms with van der Waals surface area (Å²) in [6.07, 6.45) is 3.47. The third-order valence-electron chi connectivity index (χ3n) is 4.55. The summed E-state index contributed by atoms with van der Waals surface area (Å²) in [6, 6.07) is 15.3. The van der Waals surface area contributed by atoms with Gasteiger partial charge in [-0.25, -0.2) is 9.07 Å². The molecule has 1 N–H and O–H groups in total. The van der Waals surface area contributed by atoms with Crippen molar-refractivity contribution in [2.75, 3.05) is 13.2 Å². The van der Waals surface area contributed by atoms with Crippen molar-refractivity contribution in [3.8, 4) is 11.1 Å². The molecule has 5 nitrogen and oxygen atoms in total. The normalized spacial score (nSPS) is 20.0. The second-order valence-corrected chi connectivity index (χ2v) is 6.15. The van der Waals surface area contributed by atoms with Crippen LogP contribution in [0.3, 0.4) is 0 Å². The summed E-state index contributed by atoms with van der Waals surface area (Å²) in [6.45, 7) is 1.60. The average Bonchev–Trinajstić information content (AvgIpc) is 3.32. The molecule has 4 rings (SSSR count). The summed E-state index contributed by atoms with van der Waals surface area (Å²) in [4.78, 5) is 0. The number of nitrogens with one attached hydrogen (secondary N) is 1. The third kappa shape index (κ3) is 3.45. The monoisotopic (exact) mass is 338 g/mol. The van der Waals surface area contributed by atoms with E-state index in [1.54, 1.807) is 16.9 Å². The average molecular weight is 338 g/mol. The highest BCUT2D eigenvalue weighted by atomic mass is 19.1. The molecule has 0 radical (unpaired) electrons. The molecule has 2 aromatic carbocycles. The van der Waals surface area contributed by atoms with Crippen LogP contribution in [0, 0.1) is 5.82 Å². The fraction of sp³-hybridized carbons (Fsp3) is 0.263. The second kappa shape index (κ2) is 7.13. The van der Waals surface area contributed by atoms with E-state index in [-0.39, 0.29) is 17.9 Å². The van der Waals surface area contributed by atoms with Crippen LogP contribution in [0.15, 0.2) is 60.9 Å². The number of rotatable bonds is 5. The Morgan fingerprint density at radius 2 is 2.00 bits per heavy atom. The molecule has 2 atom stereocenters. The van der Waals surface area contributed by atoms with Crippen molar-refractivity contribution >= 4 is 0 Å². The molecule has 6 heteroatoms. The molecule has 1 fully saturated rings. The van der Waals surface area contributed by atoms with E-state index in [2.05, 4.69) is 15.6 Å². The van der Waals surface area contributed by atoms with Gasteiger partial charge in [0.25, 0.3) is 0 Å². The molecule has 1 aromatic heterocycles. The van der Waals surface area contributed by atoms with Crippen LogP contribution in [0.5, 0.6) is 0 Å². The van der Waals surface area contributed by atoms with Crippen molar-refractivity contribution in [2.45, 2.75) is 18.6 Å². The maximum atomic E-state index is 14.5. The van der Waals surface area contributed by atoms with Gasteiger partial charge in [0.05, 0.1) is 31.5 Å². The van der Waals surface area contributed by atoms with Crippen molar-refractivity contribution in [3.63, 3.8) is 0 Å². The number of nitrogens with zero attached hydrogens (tertiary/aromatic N) is 3. The number of halogens is 1. The van der Waals surface area contributed by atoms with Crippen LogP contribution in [0.25, 0.3) is 11.1 Å². The molecule has 25 heavy (non-hydrogen) atoms. The van der Waals surface area contributed by atoms with Crippen LogP contribution in [-0.2, 0) is 11.3 Å². The van der Waals surface area contributed by atoms with Crippen LogP contribution < -0.4 is 5.32 Å². The molecule has 1 aliphatic rings. The summed E-state index contributed by atoms with van der Waals surface area (Å²) in [5.74, 6) is -0.204. The van der Waals surface area contributed by atoms with Crippen LogP contribution in [0.2, 0.25) is 0 Å². The van der Waals surface area contributed by atoms with Crippen LogP contribution in [0.4, 0.5) is 4.39 Å². The minimum Gasteiger partial charge on any atom is -0.377 e. The molecule has 2 unspecified atom stereocenters. The summed E-state index contributed by atoms with van der Waals surface area (Å²) in [5.41, 5.74) is 2.53. The van der Waals surface area contributed by atoms with E-state index in [4.69, 9.17) is 4.74 Å². The smallest absolute Gasteiger partial charge is 0.128 e. The summed E-state index contributed by atoms with van der Waals surface area (Å²) >= 11 is 0.